The maximum absolute atomic E-state index is 15.8. The Labute approximate surface area is 207 Å². The maximum Gasteiger partial charge on any atom is 0.111 e. The monoisotopic (exact) mass is 462 g/mol. The molecule has 0 aromatic carbocycles. The highest BCUT2D eigenvalue weighted by Gasteiger charge is 2.64. The van der Waals surface area contributed by atoms with Crippen LogP contribution in [0.4, 0.5) is 4.39 Å². The normalized spacial score (nSPS) is 34.1. The Balaban J connectivity index is 1.24. The molecule has 3 fully saturated rings. The molecule has 3 aliphatic carbocycles. The van der Waals surface area contributed by atoms with Crippen molar-refractivity contribution in [3.05, 3.63) is 0 Å². The molecule has 3 rings (SSSR count). The Kier molecular flexibility index (Phi) is 12.1. The summed E-state index contributed by atoms with van der Waals surface area (Å²) in [7, 11) is 0. The second-order valence-corrected chi connectivity index (χ2v) is 13.0. The van der Waals surface area contributed by atoms with Gasteiger partial charge in [-0.15, -0.1) is 0 Å². The lowest BCUT2D eigenvalue weighted by molar-refractivity contribution is -0.184. The van der Waals surface area contributed by atoms with Crippen molar-refractivity contribution in [2.75, 3.05) is 0 Å². The van der Waals surface area contributed by atoms with E-state index in [4.69, 9.17) is 0 Å². The third kappa shape index (κ3) is 7.96. The number of alkyl halides is 1. The zero-order chi connectivity index (χ0) is 23.4. The second kappa shape index (κ2) is 14.5. The van der Waals surface area contributed by atoms with Crippen molar-refractivity contribution < 1.29 is 4.39 Å². The lowest BCUT2D eigenvalue weighted by atomic mass is 9.42. The SMILES string of the molecule is CCCCCCCCCC1CCC2(CC1)CC1(CCC(CCCCCCCCC)CC1)C2F. The minimum atomic E-state index is -0.468. The predicted molar refractivity (Wildman–Crippen MR) is 144 cm³/mol. The van der Waals surface area contributed by atoms with Crippen molar-refractivity contribution in [1.82, 2.24) is 0 Å². The van der Waals surface area contributed by atoms with E-state index in [2.05, 4.69) is 13.8 Å². The van der Waals surface area contributed by atoms with Crippen molar-refractivity contribution in [2.24, 2.45) is 22.7 Å². The quantitative estimate of drug-likeness (QED) is 0.200. The van der Waals surface area contributed by atoms with Crippen LogP contribution in [-0.2, 0) is 0 Å². The van der Waals surface area contributed by atoms with E-state index in [-0.39, 0.29) is 10.8 Å². The van der Waals surface area contributed by atoms with Crippen molar-refractivity contribution >= 4 is 0 Å². The molecule has 194 valence electrons. The van der Waals surface area contributed by atoms with E-state index in [1.807, 2.05) is 0 Å². The summed E-state index contributed by atoms with van der Waals surface area (Å²) in [6, 6.07) is 0. The first kappa shape index (κ1) is 27.5. The third-order valence-corrected chi connectivity index (χ3v) is 10.4. The Morgan fingerprint density at radius 2 is 0.848 bits per heavy atom. The van der Waals surface area contributed by atoms with Crippen LogP contribution in [0, 0.1) is 22.7 Å². The molecule has 3 aliphatic rings. The van der Waals surface area contributed by atoms with E-state index in [0.29, 0.717) is 0 Å². The van der Waals surface area contributed by atoms with E-state index in [1.54, 1.807) is 0 Å². The average Bonchev–Trinajstić information content (AvgIpc) is 2.84. The number of unbranched alkanes of at least 4 members (excludes halogenated alkanes) is 12. The lowest BCUT2D eigenvalue weighted by Crippen LogP contribution is -2.60. The van der Waals surface area contributed by atoms with Gasteiger partial charge in [0.2, 0.25) is 0 Å². The summed E-state index contributed by atoms with van der Waals surface area (Å²) in [6.45, 7) is 4.59. The number of rotatable bonds is 16. The van der Waals surface area contributed by atoms with E-state index in [0.717, 1.165) is 11.8 Å². The molecule has 0 radical (unpaired) electrons. The van der Waals surface area contributed by atoms with Gasteiger partial charge in [0.1, 0.15) is 6.17 Å². The van der Waals surface area contributed by atoms with Gasteiger partial charge in [0.15, 0.2) is 0 Å². The summed E-state index contributed by atoms with van der Waals surface area (Å²) in [5, 5.41) is 0. The fraction of sp³-hybridized carbons (Fsp3) is 1.00. The van der Waals surface area contributed by atoms with E-state index in [1.165, 1.54) is 161 Å². The number of hydrogen-bond donors (Lipinski definition) is 0. The molecule has 0 saturated heterocycles. The fourth-order valence-corrected chi connectivity index (χ4v) is 8.12. The zero-order valence-electron chi connectivity index (χ0n) is 22.8. The molecule has 33 heavy (non-hydrogen) atoms. The van der Waals surface area contributed by atoms with Gasteiger partial charge >= 0.3 is 0 Å². The van der Waals surface area contributed by atoms with Crippen LogP contribution >= 0.6 is 0 Å². The van der Waals surface area contributed by atoms with Gasteiger partial charge < -0.3 is 0 Å². The van der Waals surface area contributed by atoms with Gasteiger partial charge in [-0.1, -0.05) is 117 Å². The predicted octanol–water partition coefficient (Wildman–Crippen LogP) is 11.4. The van der Waals surface area contributed by atoms with E-state index < -0.39 is 6.17 Å². The molecule has 0 unspecified atom stereocenters. The van der Waals surface area contributed by atoms with Crippen LogP contribution in [0.15, 0.2) is 0 Å². The average molecular weight is 463 g/mol. The Morgan fingerprint density at radius 1 is 0.515 bits per heavy atom. The molecule has 0 aliphatic heterocycles. The van der Waals surface area contributed by atoms with Gasteiger partial charge in [0.05, 0.1) is 0 Å². The molecule has 0 heterocycles. The molecule has 2 spiro atoms. The highest BCUT2D eigenvalue weighted by atomic mass is 19.1. The minimum Gasteiger partial charge on any atom is -0.246 e. The first-order valence-corrected chi connectivity index (χ1v) is 15.8. The summed E-state index contributed by atoms with van der Waals surface area (Å²) in [5.41, 5.74) is 0.226. The Morgan fingerprint density at radius 3 is 1.18 bits per heavy atom. The number of hydrogen-bond acceptors (Lipinski definition) is 0. The van der Waals surface area contributed by atoms with Gasteiger partial charge in [0.25, 0.3) is 0 Å². The lowest BCUT2D eigenvalue weighted by Gasteiger charge is -2.63. The second-order valence-electron chi connectivity index (χ2n) is 13.0. The molecule has 0 aromatic heterocycles. The van der Waals surface area contributed by atoms with Crippen LogP contribution in [0.5, 0.6) is 0 Å². The molecule has 3 saturated carbocycles. The largest absolute Gasteiger partial charge is 0.246 e. The van der Waals surface area contributed by atoms with Gasteiger partial charge in [-0.25, -0.2) is 4.39 Å². The summed E-state index contributed by atoms with van der Waals surface area (Å²) >= 11 is 0. The van der Waals surface area contributed by atoms with Crippen molar-refractivity contribution in [1.29, 1.82) is 0 Å². The van der Waals surface area contributed by atoms with Crippen LogP contribution in [0.25, 0.3) is 0 Å². The minimum absolute atomic E-state index is 0.113. The molecule has 0 bridgehead atoms. The summed E-state index contributed by atoms with van der Waals surface area (Å²) < 4.78 is 15.8. The van der Waals surface area contributed by atoms with Gasteiger partial charge in [-0.3, -0.25) is 0 Å². The van der Waals surface area contributed by atoms with Gasteiger partial charge in [-0.05, 0) is 69.6 Å². The van der Waals surface area contributed by atoms with Gasteiger partial charge in [-0.2, -0.15) is 0 Å². The van der Waals surface area contributed by atoms with Crippen molar-refractivity contribution in [2.45, 2.75) is 181 Å². The molecule has 0 aromatic rings. The maximum atomic E-state index is 15.8. The molecule has 1 heteroatoms. The third-order valence-electron chi connectivity index (χ3n) is 10.4. The van der Waals surface area contributed by atoms with Crippen LogP contribution in [-0.4, -0.2) is 6.17 Å². The Bertz CT molecular complexity index is 451. The van der Waals surface area contributed by atoms with Crippen LogP contribution in [0.2, 0.25) is 0 Å². The highest BCUT2D eigenvalue weighted by Crippen LogP contribution is 2.68. The van der Waals surface area contributed by atoms with E-state index in [9.17, 15) is 0 Å². The highest BCUT2D eigenvalue weighted by molar-refractivity contribution is 5.13. The molecular formula is C32H59F. The molecule has 0 nitrogen and oxygen atoms in total. The fourth-order valence-electron chi connectivity index (χ4n) is 8.12. The standard InChI is InChI=1S/C32H59F/c1-3-5-7-9-11-13-15-17-28-19-23-31(24-20-28)27-32(30(31)33)25-21-29(22-26-32)18-16-14-12-10-8-6-4-2/h28-30H,3-27H2,1-2H3. The van der Waals surface area contributed by atoms with Crippen molar-refractivity contribution in [3.63, 3.8) is 0 Å². The summed E-state index contributed by atoms with van der Waals surface area (Å²) in [4.78, 5) is 0. The summed E-state index contributed by atoms with van der Waals surface area (Å²) in [6.07, 6.45) is 33.6. The zero-order valence-corrected chi connectivity index (χ0v) is 22.8. The van der Waals surface area contributed by atoms with Crippen molar-refractivity contribution in [3.8, 4) is 0 Å². The van der Waals surface area contributed by atoms with Crippen LogP contribution in [0.3, 0.4) is 0 Å². The molecule has 0 amide bonds. The van der Waals surface area contributed by atoms with Gasteiger partial charge in [0, 0.05) is 10.8 Å². The first-order valence-electron chi connectivity index (χ1n) is 15.8. The first-order chi connectivity index (χ1) is 16.1. The number of halogens is 1. The smallest absolute Gasteiger partial charge is 0.111 e. The topological polar surface area (TPSA) is 0 Å². The van der Waals surface area contributed by atoms with Crippen LogP contribution in [0.1, 0.15) is 174 Å². The molecule has 0 atom stereocenters. The molecule has 0 N–H and O–H groups in total. The molecular weight excluding hydrogens is 403 g/mol. The Hall–Kier alpha value is -0.0700. The van der Waals surface area contributed by atoms with Crippen LogP contribution < -0.4 is 0 Å². The van der Waals surface area contributed by atoms with E-state index >= 15 is 4.39 Å². The summed E-state index contributed by atoms with van der Waals surface area (Å²) in [5.74, 6) is 1.82.